The van der Waals surface area contributed by atoms with E-state index in [9.17, 15) is 14.4 Å². The first-order valence-electron chi connectivity index (χ1n) is 8.10. The van der Waals surface area contributed by atoms with Gasteiger partial charge in [0, 0.05) is 22.2 Å². The van der Waals surface area contributed by atoms with Gasteiger partial charge in [0.1, 0.15) is 6.04 Å². The third-order valence-electron chi connectivity index (χ3n) is 3.57. The third kappa shape index (κ3) is 6.58. The van der Waals surface area contributed by atoms with E-state index >= 15 is 0 Å². The number of hydrogen-bond donors (Lipinski definition) is 2. The molecule has 0 aliphatic rings. The van der Waals surface area contributed by atoms with Crippen molar-refractivity contribution in [3.63, 3.8) is 0 Å². The summed E-state index contributed by atoms with van der Waals surface area (Å²) in [4.78, 5) is 35.7. The summed E-state index contributed by atoms with van der Waals surface area (Å²) in [6.45, 7) is 1.19. The summed E-state index contributed by atoms with van der Waals surface area (Å²) in [5.74, 6) is -1.60. The number of amides is 2. The molecule has 0 saturated heterocycles. The Hall–Kier alpha value is -2.57. The molecule has 2 amide bonds. The maximum absolute atomic E-state index is 12.0. The van der Waals surface area contributed by atoms with Gasteiger partial charge in [-0.1, -0.05) is 47.5 Å². The predicted octanol–water partition coefficient (Wildman–Crippen LogP) is 2.97. The number of carbonyl (C=O) groups is 3. The smallest absolute Gasteiger partial charge is 0.328 e. The van der Waals surface area contributed by atoms with Crippen LogP contribution in [0.2, 0.25) is 10.0 Å². The van der Waals surface area contributed by atoms with Gasteiger partial charge in [-0.3, -0.25) is 9.59 Å². The van der Waals surface area contributed by atoms with E-state index < -0.39 is 30.4 Å². The quantitative estimate of drug-likeness (QED) is 0.689. The van der Waals surface area contributed by atoms with E-state index in [1.54, 1.807) is 48.5 Å². The van der Waals surface area contributed by atoms with Crippen LogP contribution in [0.4, 0.5) is 0 Å². The first-order chi connectivity index (χ1) is 12.9. The van der Waals surface area contributed by atoms with Gasteiger partial charge in [-0.05, 0) is 36.8 Å². The Balaban J connectivity index is 1.75. The summed E-state index contributed by atoms with van der Waals surface area (Å²) < 4.78 is 4.92. The molecule has 142 valence electrons. The molecule has 27 heavy (non-hydrogen) atoms. The molecule has 0 spiro atoms. The SMILES string of the molecule is C[C@H](NC(=O)c1ccccc1)C(=O)OCC(=O)NCc1ccc(Cl)cc1Cl. The van der Waals surface area contributed by atoms with E-state index in [0.717, 1.165) is 0 Å². The van der Waals surface area contributed by atoms with Crippen LogP contribution in [-0.2, 0) is 20.9 Å². The Morgan fingerprint density at radius 2 is 1.78 bits per heavy atom. The van der Waals surface area contributed by atoms with Crippen molar-refractivity contribution < 1.29 is 19.1 Å². The second-order valence-electron chi connectivity index (χ2n) is 5.68. The van der Waals surface area contributed by atoms with Gasteiger partial charge in [0.2, 0.25) is 0 Å². The molecule has 0 bridgehead atoms. The highest BCUT2D eigenvalue weighted by molar-refractivity contribution is 6.35. The number of carbonyl (C=O) groups excluding carboxylic acids is 3. The van der Waals surface area contributed by atoms with Gasteiger partial charge >= 0.3 is 5.97 Å². The molecule has 0 unspecified atom stereocenters. The monoisotopic (exact) mass is 408 g/mol. The van der Waals surface area contributed by atoms with Crippen molar-refractivity contribution in [1.29, 1.82) is 0 Å². The zero-order valence-electron chi connectivity index (χ0n) is 14.5. The normalized spacial score (nSPS) is 11.4. The number of rotatable bonds is 7. The molecule has 0 aliphatic carbocycles. The molecular formula is C19H18Cl2N2O4. The maximum Gasteiger partial charge on any atom is 0.328 e. The van der Waals surface area contributed by atoms with E-state index in [-0.39, 0.29) is 6.54 Å². The summed E-state index contributed by atoms with van der Waals surface area (Å²) in [5, 5.41) is 6.03. The van der Waals surface area contributed by atoms with Crippen LogP contribution in [-0.4, -0.2) is 30.4 Å². The first-order valence-corrected chi connectivity index (χ1v) is 8.85. The lowest BCUT2D eigenvalue weighted by Gasteiger charge is -2.13. The Kier molecular flexibility index (Phi) is 7.64. The van der Waals surface area contributed by atoms with E-state index in [1.165, 1.54) is 6.92 Å². The van der Waals surface area contributed by atoms with Crippen molar-refractivity contribution in [2.75, 3.05) is 6.61 Å². The molecule has 2 N–H and O–H groups in total. The fraction of sp³-hybridized carbons (Fsp3) is 0.211. The number of hydrogen-bond acceptors (Lipinski definition) is 4. The van der Waals surface area contributed by atoms with Crippen molar-refractivity contribution in [2.45, 2.75) is 19.5 Å². The number of ether oxygens (including phenoxy) is 1. The topological polar surface area (TPSA) is 84.5 Å². The van der Waals surface area contributed by atoms with Gasteiger partial charge in [-0.15, -0.1) is 0 Å². The highest BCUT2D eigenvalue weighted by atomic mass is 35.5. The first kappa shape index (κ1) is 20.7. The van der Waals surface area contributed by atoms with Gasteiger partial charge in [0.25, 0.3) is 11.8 Å². The lowest BCUT2D eigenvalue weighted by Crippen LogP contribution is -2.40. The largest absolute Gasteiger partial charge is 0.454 e. The summed E-state index contributed by atoms with van der Waals surface area (Å²) in [6, 6.07) is 12.5. The summed E-state index contributed by atoms with van der Waals surface area (Å²) >= 11 is 11.8. The second-order valence-corrected chi connectivity index (χ2v) is 6.52. The fourth-order valence-electron chi connectivity index (χ4n) is 2.10. The van der Waals surface area contributed by atoms with E-state index in [4.69, 9.17) is 27.9 Å². The average molecular weight is 409 g/mol. The van der Waals surface area contributed by atoms with Crippen LogP contribution in [0.25, 0.3) is 0 Å². The van der Waals surface area contributed by atoms with Gasteiger partial charge in [0.15, 0.2) is 6.61 Å². The number of halogens is 2. The van der Waals surface area contributed by atoms with Gasteiger partial charge in [-0.2, -0.15) is 0 Å². The van der Waals surface area contributed by atoms with Crippen molar-refractivity contribution >= 4 is 41.0 Å². The van der Waals surface area contributed by atoms with Crippen molar-refractivity contribution in [3.05, 3.63) is 69.7 Å². The minimum atomic E-state index is -0.892. The standard InChI is InChI=1S/C19H18Cl2N2O4/c1-12(23-18(25)13-5-3-2-4-6-13)19(26)27-11-17(24)22-10-14-7-8-15(20)9-16(14)21/h2-9,12H,10-11H2,1H3,(H,22,24)(H,23,25)/t12-/m0/s1. The zero-order valence-corrected chi connectivity index (χ0v) is 16.0. The van der Waals surface area contributed by atoms with Gasteiger partial charge in [-0.25, -0.2) is 4.79 Å². The average Bonchev–Trinajstić information content (AvgIpc) is 2.66. The molecular weight excluding hydrogens is 391 g/mol. The molecule has 0 heterocycles. The Bertz CT molecular complexity index is 828. The molecule has 1 atom stereocenters. The highest BCUT2D eigenvalue weighted by Crippen LogP contribution is 2.20. The molecule has 0 fully saturated rings. The van der Waals surface area contributed by atoms with E-state index in [1.807, 2.05) is 0 Å². The minimum Gasteiger partial charge on any atom is -0.454 e. The summed E-state index contributed by atoms with van der Waals surface area (Å²) in [5.41, 5.74) is 1.11. The third-order valence-corrected chi connectivity index (χ3v) is 4.16. The molecule has 2 aromatic rings. The Morgan fingerprint density at radius 1 is 1.07 bits per heavy atom. The van der Waals surface area contributed by atoms with Crippen LogP contribution < -0.4 is 10.6 Å². The fourth-order valence-corrected chi connectivity index (χ4v) is 2.58. The number of esters is 1. The summed E-state index contributed by atoms with van der Waals surface area (Å²) in [7, 11) is 0. The zero-order chi connectivity index (χ0) is 19.8. The molecule has 0 saturated carbocycles. The molecule has 0 radical (unpaired) electrons. The molecule has 2 aromatic carbocycles. The molecule has 0 aromatic heterocycles. The second kappa shape index (κ2) is 9.94. The minimum absolute atomic E-state index is 0.173. The highest BCUT2D eigenvalue weighted by Gasteiger charge is 2.19. The molecule has 8 heteroatoms. The van der Waals surface area contributed by atoms with E-state index in [2.05, 4.69) is 10.6 Å². The van der Waals surface area contributed by atoms with Crippen LogP contribution >= 0.6 is 23.2 Å². The van der Waals surface area contributed by atoms with Gasteiger partial charge < -0.3 is 15.4 Å². The number of nitrogens with one attached hydrogen (secondary N) is 2. The predicted molar refractivity (Wildman–Crippen MR) is 103 cm³/mol. The van der Waals surface area contributed by atoms with Crippen LogP contribution in [0.5, 0.6) is 0 Å². The van der Waals surface area contributed by atoms with Gasteiger partial charge in [0.05, 0.1) is 0 Å². The van der Waals surface area contributed by atoms with Crippen molar-refractivity contribution in [1.82, 2.24) is 10.6 Å². The van der Waals surface area contributed by atoms with Crippen LogP contribution in [0.15, 0.2) is 48.5 Å². The molecule has 6 nitrogen and oxygen atoms in total. The van der Waals surface area contributed by atoms with Crippen molar-refractivity contribution in [2.24, 2.45) is 0 Å². The molecule has 2 rings (SSSR count). The van der Waals surface area contributed by atoms with Crippen LogP contribution in [0.3, 0.4) is 0 Å². The van der Waals surface area contributed by atoms with Crippen LogP contribution in [0.1, 0.15) is 22.8 Å². The number of benzene rings is 2. The molecule has 0 aliphatic heterocycles. The Morgan fingerprint density at radius 3 is 2.44 bits per heavy atom. The maximum atomic E-state index is 12.0. The Labute approximate surface area is 166 Å². The van der Waals surface area contributed by atoms with Crippen molar-refractivity contribution in [3.8, 4) is 0 Å². The summed E-state index contributed by atoms with van der Waals surface area (Å²) in [6.07, 6.45) is 0. The van der Waals surface area contributed by atoms with Crippen LogP contribution in [0, 0.1) is 0 Å². The lowest BCUT2D eigenvalue weighted by atomic mass is 10.2. The van der Waals surface area contributed by atoms with E-state index in [0.29, 0.717) is 21.2 Å². The lowest BCUT2D eigenvalue weighted by molar-refractivity contribution is -0.150.